The number of anilines is 1. The first-order valence-electron chi connectivity index (χ1n) is 10.1. The molecule has 2 heterocycles. The Kier molecular flexibility index (Phi) is 5.73. The zero-order valence-electron chi connectivity index (χ0n) is 17.5. The summed E-state index contributed by atoms with van der Waals surface area (Å²) in [5.74, 6) is 1.75. The molecule has 4 rings (SSSR count). The van der Waals surface area contributed by atoms with Crippen LogP contribution in [0.1, 0.15) is 27.2 Å². The minimum atomic E-state index is 0.0438. The average Bonchev–Trinajstić information content (AvgIpc) is 2.76. The number of hydrogen-bond acceptors (Lipinski definition) is 4. The Balaban J connectivity index is 1.53. The molecule has 3 aromatic rings. The molecular formula is C24H25ClN4O. The predicted molar refractivity (Wildman–Crippen MR) is 121 cm³/mol. The summed E-state index contributed by atoms with van der Waals surface area (Å²) >= 11 is 5.94. The molecule has 1 fully saturated rings. The van der Waals surface area contributed by atoms with E-state index in [1.807, 2.05) is 24.0 Å². The number of halogens is 1. The highest BCUT2D eigenvalue weighted by Gasteiger charge is 2.25. The lowest BCUT2D eigenvalue weighted by atomic mass is 10.1. The molecule has 0 N–H and O–H groups in total. The van der Waals surface area contributed by atoms with Crippen molar-refractivity contribution in [2.24, 2.45) is 0 Å². The Hall–Kier alpha value is -2.92. The van der Waals surface area contributed by atoms with E-state index in [-0.39, 0.29) is 5.91 Å². The monoisotopic (exact) mass is 420 g/mol. The van der Waals surface area contributed by atoms with Crippen LogP contribution in [-0.2, 0) is 0 Å². The number of hydrogen-bond donors (Lipinski definition) is 0. The van der Waals surface area contributed by atoms with Gasteiger partial charge in [0.25, 0.3) is 5.91 Å². The van der Waals surface area contributed by atoms with Crippen molar-refractivity contribution in [1.29, 1.82) is 0 Å². The normalized spacial score (nSPS) is 14.1. The minimum Gasteiger partial charge on any atom is -0.353 e. The van der Waals surface area contributed by atoms with Crippen LogP contribution in [0, 0.1) is 20.8 Å². The van der Waals surface area contributed by atoms with Crippen molar-refractivity contribution < 1.29 is 4.79 Å². The molecule has 0 saturated carbocycles. The van der Waals surface area contributed by atoms with Crippen LogP contribution in [0.3, 0.4) is 0 Å². The lowest BCUT2D eigenvalue weighted by Crippen LogP contribution is -2.49. The van der Waals surface area contributed by atoms with Gasteiger partial charge in [-0.15, -0.1) is 0 Å². The molecule has 0 unspecified atom stereocenters. The van der Waals surface area contributed by atoms with E-state index in [2.05, 4.69) is 30.9 Å². The van der Waals surface area contributed by atoms with E-state index in [1.165, 1.54) is 5.56 Å². The molecule has 0 bridgehead atoms. The summed E-state index contributed by atoms with van der Waals surface area (Å²) in [5, 5.41) is 0.635. The molecule has 2 aromatic carbocycles. The first kappa shape index (κ1) is 20.4. The molecular weight excluding hydrogens is 396 g/mol. The van der Waals surface area contributed by atoms with Gasteiger partial charge < -0.3 is 9.80 Å². The van der Waals surface area contributed by atoms with Gasteiger partial charge in [0, 0.05) is 53.6 Å². The molecule has 1 aliphatic rings. The highest BCUT2D eigenvalue weighted by atomic mass is 35.5. The molecule has 0 atom stereocenters. The van der Waals surface area contributed by atoms with Gasteiger partial charge in [-0.05, 0) is 51.1 Å². The van der Waals surface area contributed by atoms with Crippen LogP contribution in [0.4, 0.5) is 5.82 Å². The van der Waals surface area contributed by atoms with E-state index in [0.29, 0.717) is 23.7 Å². The van der Waals surface area contributed by atoms with Crippen LogP contribution in [0.15, 0.2) is 48.5 Å². The summed E-state index contributed by atoms with van der Waals surface area (Å²) in [5.41, 5.74) is 4.95. The topological polar surface area (TPSA) is 49.3 Å². The van der Waals surface area contributed by atoms with E-state index < -0.39 is 0 Å². The minimum absolute atomic E-state index is 0.0438. The number of rotatable bonds is 3. The largest absolute Gasteiger partial charge is 0.353 e. The zero-order valence-corrected chi connectivity index (χ0v) is 18.3. The van der Waals surface area contributed by atoms with Crippen LogP contribution in [0.25, 0.3) is 11.4 Å². The Bertz CT molecular complexity index is 1070. The first-order chi connectivity index (χ1) is 14.4. The number of amides is 1. The molecule has 1 saturated heterocycles. The maximum atomic E-state index is 12.8. The van der Waals surface area contributed by atoms with Gasteiger partial charge in [-0.3, -0.25) is 4.79 Å². The molecule has 0 spiro atoms. The van der Waals surface area contributed by atoms with E-state index in [1.54, 1.807) is 24.3 Å². The summed E-state index contributed by atoms with van der Waals surface area (Å²) in [7, 11) is 0. The Morgan fingerprint density at radius 3 is 2.30 bits per heavy atom. The standard InChI is InChI=1S/C24H25ClN4O/c1-16-5-4-6-20(15-16)22-26-18(3)17(2)23(27-22)28-11-13-29(14-12-28)24(30)19-7-9-21(25)10-8-19/h4-10,15H,11-14H2,1-3H3. The van der Waals surface area contributed by atoms with Gasteiger partial charge in [-0.1, -0.05) is 35.4 Å². The highest BCUT2D eigenvalue weighted by Crippen LogP contribution is 2.26. The van der Waals surface area contributed by atoms with E-state index in [4.69, 9.17) is 21.6 Å². The van der Waals surface area contributed by atoms with Gasteiger partial charge in [0.1, 0.15) is 5.82 Å². The van der Waals surface area contributed by atoms with Crippen molar-refractivity contribution in [3.05, 3.63) is 75.9 Å². The number of carbonyl (C=O) groups is 1. The number of benzene rings is 2. The maximum absolute atomic E-state index is 12.8. The van der Waals surface area contributed by atoms with Crippen molar-refractivity contribution in [1.82, 2.24) is 14.9 Å². The molecule has 6 heteroatoms. The zero-order chi connectivity index (χ0) is 21.3. The summed E-state index contributed by atoms with van der Waals surface area (Å²) in [4.78, 5) is 26.6. The maximum Gasteiger partial charge on any atom is 0.253 e. The van der Waals surface area contributed by atoms with Gasteiger partial charge in [-0.2, -0.15) is 0 Å². The number of aryl methyl sites for hydroxylation is 2. The van der Waals surface area contributed by atoms with Crippen molar-refractivity contribution in [3.63, 3.8) is 0 Å². The highest BCUT2D eigenvalue weighted by molar-refractivity contribution is 6.30. The third kappa shape index (κ3) is 4.17. The average molecular weight is 421 g/mol. The summed E-state index contributed by atoms with van der Waals surface area (Å²) in [6.07, 6.45) is 0. The SMILES string of the molecule is Cc1cccc(-c2nc(C)c(C)c(N3CCN(C(=O)c4ccc(Cl)cc4)CC3)n2)c1. The van der Waals surface area contributed by atoms with Gasteiger partial charge in [0.15, 0.2) is 5.82 Å². The number of nitrogens with zero attached hydrogens (tertiary/aromatic N) is 4. The van der Waals surface area contributed by atoms with Gasteiger partial charge in [-0.25, -0.2) is 9.97 Å². The smallest absolute Gasteiger partial charge is 0.253 e. The molecule has 30 heavy (non-hydrogen) atoms. The van der Waals surface area contributed by atoms with Crippen molar-refractivity contribution in [2.75, 3.05) is 31.1 Å². The molecule has 5 nitrogen and oxygen atoms in total. The fourth-order valence-corrected chi connectivity index (χ4v) is 3.86. The molecule has 1 amide bonds. The van der Waals surface area contributed by atoms with E-state index in [9.17, 15) is 4.79 Å². The molecule has 0 aliphatic carbocycles. The molecule has 0 radical (unpaired) electrons. The molecule has 154 valence electrons. The van der Waals surface area contributed by atoms with Crippen molar-refractivity contribution >= 4 is 23.3 Å². The van der Waals surface area contributed by atoms with E-state index >= 15 is 0 Å². The van der Waals surface area contributed by atoms with Crippen LogP contribution < -0.4 is 4.90 Å². The first-order valence-corrected chi connectivity index (χ1v) is 10.5. The molecule has 1 aromatic heterocycles. The van der Waals surface area contributed by atoms with Gasteiger partial charge >= 0.3 is 0 Å². The van der Waals surface area contributed by atoms with Crippen molar-refractivity contribution in [3.8, 4) is 11.4 Å². The molecule has 1 aliphatic heterocycles. The summed E-state index contributed by atoms with van der Waals surface area (Å²) in [6.45, 7) is 8.96. The summed E-state index contributed by atoms with van der Waals surface area (Å²) < 4.78 is 0. The second-order valence-corrected chi connectivity index (χ2v) is 8.17. The van der Waals surface area contributed by atoms with E-state index in [0.717, 1.165) is 41.6 Å². The van der Waals surface area contributed by atoms with Crippen LogP contribution in [-0.4, -0.2) is 47.0 Å². The van der Waals surface area contributed by atoms with Crippen LogP contribution >= 0.6 is 11.6 Å². The van der Waals surface area contributed by atoms with Gasteiger partial charge in [0.2, 0.25) is 0 Å². The second-order valence-electron chi connectivity index (χ2n) is 7.74. The Labute approximate surface area is 182 Å². The third-order valence-corrected chi connectivity index (χ3v) is 5.85. The van der Waals surface area contributed by atoms with Crippen molar-refractivity contribution in [2.45, 2.75) is 20.8 Å². The van der Waals surface area contributed by atoms with Gasteiger partial charge in [0.05, 0.1) is 0 Å². The lowest BCUT2D eigenvalue weighted by Gasteiger charge is -2.36. The quantitative estimate of drug-likeness (QED) is 0.617. The number of aromatic nitrogens is 2. The number of piperazine rings is 1. The summed E-state index contributed by atoms with van der Waals surface area (Å²) in [6, 6.07) is 15.3. The number of carbonyl (C=O) groups excluding carboxylic acids is 1. The second kappa shape index (κ2) is 8.44. The fraction of sp³-hybridized carbons (Fsp3) is 0.292. The fourth-order valence-electron chi connectivity index (χ4n) is 3.73. The third-order valence-electron chi connectivity index (χ3n) is 5.60. The predicted octanol–water partition coefficient (Wildman–Crippen LogP) is 4.68. The van der Waals surface area contributed by atoms with Crippen LogP contribution in [0.5, 0.6) is 0 Å². The Morgan fingerprint density at radius 2 is 1.63 bits per heavy atom. The lowest BCUT2D eigenvalue weighted by molar-refractivity contribution is 0.0746. The Morgan fingerprint density at radius 1 is 0.933 bits per heavy atom. The van der Waals surface area contributed by atoms with Crippen LogP contribution in [0.2, 0.25) is 5.02 Å².